The van der Waals surface area contributed by atoms with Crippen molar-refractivity contribution >= 4 is 32.7 Å². The first-order valence-corrected chi connectivity index (χ1v) is 7.27. The van der Waals surface area contributed by atoms with E-state index in [1.807, 2.05) is 12.1 Å². The molecule has 20 heavy (non-hydrogen) atoms. The van der Waals surface area contributed by atoms with E-state index in [2.05, 4.69) is 31.5 Å². The Labute approximate surface area is 123 Å². The van der Waals surface area contributed by atoms with Gasteiger partial charge in [0.25, 0.3) is 5.91 Å². The number of fused-ring (bicyclic) bond motifs is 1. The molecule has 0 spiro atoms. The summed E-state index contributed by atoms with van der Waals surface area (Å²) in [5.41, 5.74) is 0.807. The zero-order valence-electron chi connectivity index (χ0n) is 10.7. The zero-order valence-corrected chi connectivity index (χ0v) is 12.3. The number of benzene rings is 1. The first-order chi connectivity index (χ1) is 9.63. The standard InChI is InChI=1S/C14H14BrN3O2/c15-8-1-2-12-10(5-8)11(6-13(19)18-12)14(20)17-9-3-4-16-7-9/h1-2,5-6,9,16H,3-4,7H2,(H,17,20)(H,18,19). The smallest absolute Gasteiger partial charge is 0.252 e. The number of carbonyl (C=O) groups excluding carboxylic acids is 1. The predicted octanol–water partition coefficient (Wildman–Crippen LogP) is 1.38. The number of hydrogen-bond acceptors (Lipinski definition) is 3. The molecule has 3 N–H and O–H groups in total. The number of amides is 1. The third kappa shape index (κ3) is 2.62. The maximum absolute atomic E-state index is 12.4. The molecule has 0 aliphatic carbocycles. The van der Waals surface area contributed by atoms with Crippen LogP contribution in [0.1, 0.15) is 16.8 Å². The van der Waals surface area contributed by atoms with Crippen molar-refractivity contribution in [3.8, 4) is 0 Å². The highest BCUT2D eigenvalue weighted by Crippen LogP contribution is 2.20. The molecular weight excluding hydrogens is 322 g/mol. The van der Waals surface area contributed by atoms with E-state index >= 15 is 0 Å². The van der Waals surface area contributed by atoms with E-state index in [1.165, 1.54) is 6.07 Å². The Morgan fingerprint density at radius 2 is 2.20 bits per heavy atom. The normalized spacial score (nSPS) is 18.4. The van der Waals surface area contributed by atoms with Crippen molar-refractivity contribution in [1.82, 2.24) is 15.6 Å². The Bertz CT molecular complexity index is 720. The van der Waals surface area contributed by atoms with E-state index in [0.717, 1.165) is 29.4 Å². The number of aromatic nitrogens is 1. The summed E-state index contributed by atoms with van der Waals surface area (Å²) < 4.78 is 0.869. The van der Waals surface area contributed by atoms with E-state index < -0.39 is 0 Å². The summed E-state index contributed by atoms with van der Waals surface area (Å²) in [7, 11) is 0. The molecule has 6 heteroatoms. The summed E-state index contributed by atoms with van der Waals surface area (Å²) in [6.07, 6.45) is 0.913. The zero-order chi connectivity index (χ0) is 14.1. The lowest BCUT2D eigenvalue weighted by molar-refractivity contribution is 0.0941. The van der Waals surface area contributed by atoms with Gasteiger partial charge in [-0.3, -0.25) is 9.59 Å². The van der Waals surface area contributed by atoms with E-state index in [1.54, 1.807) is 6.07 Å². The van der Waals surface area contributed by atoms with Crippen LogP contribution < -0.4 is 16.2 Å². The summed E-state index contributed by atoms with van der Waals surface area (Å²) in [6.45, 7) is 1.68. The molecule has 0 bridgehead atoms. The molecule has 104 valence electrons. The largest absolute Gasteiger partial charge is 0.348 e. The number of nitrogens with one attached hydrogen (secondary N) is 3. The van der Waals surface area contributed by atoms with E-state index in [9.17, 15) is 9.59 Å². The molecule has 1 atom stereocenters. The molecule has 1 fully saturated rings. The summed E-state index contributed by atoms with van der Waals surface area (Å²) in [4.78, 5) is 26.8. The van der Waals surface area contributed by atoms with Gasteiger partial charge in [-0.15, -0.1) is 0 Å². The molecule has 1 aliphatic heterocycles. The molecule has 5 nitrogen and oxygen atoms in total. The van der Waals surface area contributed by atoms with Crippen LogP contribution in [0.15, 0.2) is 33.5 Å². The topological polar surface area (TPSA) is 74.0 Å². The van der Waals surface area contributed by atoms with Crippen LogP contribution in [0.25, 0.3) is 10.9 Å². The summed E-state index contributed by atoms with van der Waals surface area (Å²) in [6, 6.07) is 6.94. The summed E-state index contributed by atoms with van der Waals surface area (Å²) in [5, 5.41) is 6.90. The Kier molecular flexibility index (Phi) is 3.58. The van der Waals surface area contributed by atoms with Gasteiger partial charge in [-0.2, -0.15) is 0 Å². The Morgan fingerprint density at radius 3 is 2.95 bits per heavy atom. The van der Waals surface area contributed by atoms with Gasteiger partial charge in [-0.05, 0) is 31.2 Å². The number of halogens is 1. The molecule has 2 heterocycles. The van der Waals surface area contributed by atoms with Gasteiger partial charge in [0, 0.05) is 34.0 Å². The van der Waals surface area contributed by atoms with Gasteiger partial charge in [0.15, 0.2) is 0 Å². The Morgan fingerprint density at radius 1 is 1.35 bits per heavy atom. The summed E-state index contributed by atoms with van der Waals surface area (Å²) >= 11 is 3.39. The fourth-order valence-corrected chi connectivity index (χ4v) is 2.82. The van der Waals surface area contributed by atoms with Gasteiger partial charge in [0.1, 0.15) is 0 Å². The van der Waals surface area contributed by atoms with Crippen LogP contribution in [0.4, 0.5) is 0 Å². The van der Waals surface area contributed by atoms with Crippen LogP contribution in [-0.4, -0.2) is 30.0 Å². The molecule has 1 amide bonds. The minimum absolute atomic E-state index is 0.129. The van der Waals surface area contributed by atoms with Gasteiger partial charge in [-0.1, -0.05) is 15.9 Å². The highest BCUT2D eigenvalue weighted by atomic mass is 79.9. The van der Waals surface area contributed by atoms with E-state index in [0.29, 0.717) is 11.1 Å². The third-order valence-corrected chi connectivity index (χ3v) is 3.94. The highest BCUT2D eigenvalue weighted by molar-refractivity contribution is 9.10. The maximum atomic E-state index is 12.4. The van der Waals surface area contributed by atoms with Crippen molar-refractivity contribution < 1.29 is 4.79 Å². The van der Waals surface area contributed by atoms with Crippen molar-refractivity contribution in [2.24, 2.45) is 0 Å². The molecule has 1 unspecified atom stereocenters. The monoisotopic (exact) mass is 335 g/mol. The fourth-order valence-electron chi connectivity index (χ4n) is 2.45. The number of pyridine rings is 1. The van der Waals surface area contributed by atoms with Crippen LogP contribution in [0.2, 0.25) is 0 Å². The molecule has 3 rings (SSSR count). The van der Waals surface area contributed by atoms with Crippen molar-refractivity contribution in [1.29, 1.82) is 0 Å². The third-order valence-electron chi connectivity index (χ3n) is 3.45. The van der Waals surface area contributed by atoms with Crippen LogP contribution in [0.3, 0.4) is 0 Å². The molecule has 2 aromatic rings. The van der Waals surface area contributed by atoms with Crippen LogP contribution in [0.5, 0.6) is 0 Å². The second-order valence-electron chi connectivity index (χ2n) is 4.90. The number of aromatic amines is 1. The van der Waals surface area contributed by atoms with Gasteiger partial charge in [0.05, 0.1) is 5.56 Å². The highest BCUT2D eigenvalue weighted by Gasteiger charge is 2.19. The Hall–Kier alpha value is -1.66. The molecule has 1 aromatic carbocycles. The van der Waals surface area contributed by atoms with Crippen LogP contribution in [0, 0.1) is 0 Å². The van der Waals surface area contributed by atoms with Gasteiger partial charge in [-0.25, -0.2) is 0 Å². The maximum Gasteiger partial charge on any atom is 0.252 e. The Balaban J connectivity index is 2.02. The number of rotatable bonds is 2. The molecule has 1 aromatic heterocycles. The average molecular weight is 336 g/mol. The first kappa shape index (κ1) is 13.3. The quantitative estimate of drug-likeness (QED) is 0.776. The van der Waals surface area contributed by atoms with Crippen molar-refractivity contribution in [3.05, 3.63) is 44.7 Å². The number of carbonyl (C=O) groups is 1. The number of H-pyrrole nitrogens is 1. The number of hydrogen-bond donors (Lipinski definition) is 3. The summed E-state index contributed by atoms with van der Waals surface area (Å²) in [5.74, 6) is -0.201. The fraction of sp³-hybridized carbons (Fsp3) is 0.286. The van der Waals surface area contributed by atoms with Crippen molar-refractivity contribution in [3.63, 3.8) is 0 Å². The van der Waals surface area contributed by atoms with Crippen molar-refractivity contribution in [2.45, 2.75) is 12.5 Å². The van der Waals surface area contributed by atoms with E-state index in [4.69, 9.17) is 0 Å². The molecule has 0 radical (unpaired) electrons. The lowest BCUT2D eigenvalue weighted by Gasteiger charge is -2.12. The van der Waals surface area contributed by atoms with Gasteiger partial charge in [0.2, 0.25) is 5.56 Å². The lowest BCUT2D eigenvalue weighted by Crippen LogP contribution is -2.36. The first-order valence-electron chi connectivity index (χ1n) is 6.47. The SMILES string of the molecule is O=C(NC1CCNC1)c1cc(=O)[nH]c2ccc(Br)cc12. The van der Waals surface area contributed by atoms with Crippen molar-refractivity contribution in [2.75, 3.05) is 13.1 Å². The second-order valence-corrected chi connectivity index (χ2v) is 5.82. The molecule has 1 saturated heterocycles. The van der Waals surface area contributed by atoms with Gasteiger partial charge < -0.3 is 15.6 Å². The minimum Gasteiger partial charge on any atom is -0.348 e. The van der Waals surface area contributed by atoms with Crippen LogP contribution in [-0.2, 0) is 0 Å². The predicted molar refractivity (Wildman–Crippen MR) is 81.0 cm³/mol. The van der Waals surface area contributed by atoms with Crippen LogP contribution >= 0.6 is 15.9 Å². The molecule has 0 saturated carbocycles. The van der Waals surface area contributed by atoms with E-state index in [-0.39, 0.29) is 17.5 Å². The minimum atomic E-state index is -0.269. The molecule has 1 aliphatic rings. The lowest BCUT2D eigenvalue weighted by atomic mass is 10.1. The van der Waals surface area contributed by atoms with Gasteiger partial charge >= 0.3 is 0 Å². The molecular formula is C14H14BrN3O2. The second kappa shape index (κ2) is 5.38. The average Bonchev–Trinajstić information content (AvgIpc) is 2.91.